The summed E-state index contributed by atoms with van der Waals surface area (Å²) in [7, 11) is 1.64. The first-order valence-corrected chi connectivity index (χ1v) is 9.05. The number of nitrogens with one attached hydrogen (secondary N) is 1. The fourth-order valence-electron chi connectivity index (χ4n) is 2.93. The van der Waals surface area contributed by atoms with E-state index in [9.17, 15) is 0 Å². The van der Waals surface area contributed by atoms with Crippen molar-refractivity contribution in [1.82, 2.24) is 19.6 Å². The van der Waals surface area contributed by atoms with Crippen LogP contribution in [0.3, 0.4) is 0 Å². The molecule has 0 aliphatic carbocycles. The Morgan fingerprint density at radius 1 is 1.04 bits per heavy atom. The number of benzene rings is 2. The molecule has 28 heavy (non-hydrogen) atoms. The zero-order chi connectivity index (χ0) is 19.5. The highest BCUT2D eigenvalue weighted by atomic mass is 16.5. The van der Waals surface area contributed by atoms with Gasteiger partial charge in [-0.2, -0.15) is 9.50 Å². The number of anilines is 2. The third kappa shape index (κ3) is 3.46. The minimum absolute atomic E-state index is 0.530. The van der Waals surface area contributed by atoms with E-state index in [0.29, 0.717) is 18.2 Å². The van der Waals surface area contributed by atoms with Crippen LogP contribution in [0.1, 0.15) is 12.6 Å². The van der Waals surface area contributed by atoms with E-state index < -0.39 is 0 Å². The Bertz CT molecular complexity index is 1110. The molecule has 7 heteroatoms. The number of ether oxygens (including phenoxy) is 2. The maximum atomic E-state index is 5.71. The number of methoxy groups -OCH3 is 1. The molecule has 0 aliphatic rings. The van der Waals surface area contributed by atoms with Crippen LogP contribution in [-0.4, -0.2) is 33.3 Å². The molecule has 0 radical (unpaired) electrons. The highest BCUT2D eigenvalue weighted by Gasteiger charge is 2.13. The molecular formula is C21H21N5O2. The number of aryl methyl sites for hydroxylation is 1. The van der Waals surface area contributed by atoms with E-state index in [-0.39, 0.29) is 0 Å². The Balaban J connectivity index is 1.75. The Kier molecular flexibility index (Phi) is 4.80. The topological polar surface area (TPSA) is 73.6 Å². The zero-order valence-electron chi connectivity index (χ0n) is 16.0. The van der Waals surface area contributed by atoms with Crippen LogP contribution in [0.15, 0.2) is 54.6 Å². The summed E-state index contributed by atoms with van der Waals surface area (Å²) in [6.45, 7) is 4.49. The summed E-state index contributed by atoms with van der Waals surface area (Å²) in [6.07, 6.45) is 0. The van der Waals surface area contributed by atoms with Gasteiger partial charge in [-0.05, 0) is 50.2 Å². The summed E-state index contributed by atoms with van der Waals surface area (Å²) < 4.78 is 12.6. The summed E-state index contributed by atoms with van der Waals surface area (Å²) in [5.74, 6) is 3.46. The minimum atomic E-state index is 0.530. The Labute approximate surface area is 163 Å². The van der Waals surface area contributed by atoms with Gasteiger partial charge in [0.15, 0.2) is 5.82 Å². The summed E-state index contributed by atoms with van der Waals surface area (Å²) in [5.41, 5.74) is 2.60. The second-order valence-corrected chi connectivity index (χ2v) is 6.21. The van der Waals surface area contributed by atoms with Crippen molar-refractivity contribution in [3.63, 3.8) is 0 Å². The number of nitrogens with zero attached hydrogens (tertiary/aromatic N) is 4. The number of hydrogen-bond donors (Lipinski definition) is 1. The molecule has 4 rings (SSSR count). The van der Waals surface area contributed by atoms with Crippen LogP contribution in [0.2, 0.25) is 0 Å². The van der Waals surface area contributed by atoms with Crippen LogP contribution < -0.4 is 14.8 Å². The maximum Gasteiger partial charge on any atom is 0.254 e. The van der Waals surface area contributed by atoms with Crippen LogP contribution in [0.5, 0.6) is 11.5 Å². The van der Waals surface area contributed by atoms with E-state index in [2.05, 4.69) is 20.4 Å². The van der Waals surface area contributed by atoms with Crippen LogP contribution in [-0.2, 0) is 0 Å². The van der Waals surface area contributed by atoms with Gasteiger partial charge in [0.05, 0.1) is 19.4 Å². The summed E-state index contributed by atoms with van der Waals surface area (Å²) in [6, 6.07) is 17.4. The monoisotopic (exact) mass is 375 g/mol. The number of aromatic nitrogens is 4. The Morgan fingerprint density at radius 3 is 2.57 bits per heavy atom. The van der Waals surface area contributed by atoms with Gasteiger partial charge in [0, 0.05) is 17.3 Å². The van der Waals surface area contributed by atoms with E-state index in [0.717, 1.165) is 34.3 Å². The predicted molar refractivity (Wildman–Crippen MR) is 108 cm³/mol. The Morgan fingerprint density at radius 2 is 1.82 bits per heavy atom. The maximum absolute atomic E-state index is 5.71. The second-order valence-electron chi connectivity index (χ2n) is 6.21. The fourth-order valence-corrected chi connectivity index (χ4v) is 2.93. The quantitative estimate of drug-likeness (QED) is 0.543. The normalized spacial score (nSPS) is 10.8. The lowest BCUT2D eigenvalue weighted by Crippen LogP contribution is -2.04. The standard InChI is InChI=1S/C21H21N5O2/c1-4-28-18-8-6-5-7-17(18)23-19-13-14(2)22-21-24-20(25-26(19)21)15-9-11-16(27-3)12-10-15/h5-13,23H,4H2,1-3H3. The van der Waals surface area contributed by atoms with Crippen molar-refractivity contribution < 1.29 is 9.47 Å². The van der Waals surface area contributed by atoms with Gasteiger partial charge in [0.1, 0.15) is 17.3 Å². The molecule has 0 unspecified atom stereocenters. The van der Waals surface area contributed by atoms with Crippen molar-refractivity contribution in [1.29, 1.82) is 0 Å². The smallest absolute Gasteiger partial charge is 0.254 e. The lowest BCUT2D eigenvalue weighted by Gasteiger charge is -2.13. The largest absolute Gasteiger partial charge is 0.497 e. The zero-order valence-corrected chi connectivity index (χ0v) is 16.0. The van der Waals surface area contributed by atoms with Gasteiger partial charge in [-0.3, -0.25) is 0 Å². The molecule has 0 bridgehead atoms. The number of hydrogen-bond acceptors (Lipinski definition) is 6. The summed E-state index contributed by atoms with van der Waals surface area (Å²) in [5, 5.41) is 8.05. The average molecular weight is 375 g/mol. The van der Waals surface area contributed by atoms with Gasteiger partial charge in [0.25, 0.3) is 5.78 Å². The van der Waals surface area contributed by atoms with Crippen LogP contribution in [0.4, 0.5) is 11.5 Å². The van der Waals surface area contributed by atoms with Crippen LogP contribution >= 0.6 is 0 Å². The third-order valence-corrected chi connectivity index (χ3v) is 4.24. The van der Waals surface area contributed by atoms with E-state index in [1.807, 2.05) is 68.4 Å². The minimum Gasteiger partial charge on any atom is -0.497 e. The van der Waals surface area contributed by atoms with Crippen molar-refractivity contribution in [3.8, 4) is 22.9 Å². The first-order valence-electron chi connectivity index (χ1n) is 9.05. The van der Waals surface area contributed by atoms with Gasteiger partial charge in [0.2, 0.25) is 0 Å². The molecule has 0 spiro atoms. The third-order valence-electron chi connectivity index (χ3n) is 4.24. The summed E-state index contributed by atoms with van der Waals surface area (Å²) in [4.78, 5) is 9.10. The highest BCUT2D eigenvalue weighted by Crippen LogP contribution is 2.28. The molecule has 7 nitrogen and oxygen atoms in total. The molecule has 142 valence electrons. The molecule has 0 aliphatic heterocycles. The molecule has 0 fully saturated rings. The molecule has 1 N–H and O–H groups in total. The predicted octanol–water partition coefficient (Wildman–Crippen LogP) is 4.25. The van der Waals surface area contributed by atoms with Gasteiger partial charge in [-0.15, -0.1) is 5.10 Å². The van der Waals surface area contributed by atoms with Gasteiger partial charge in [-0.25, -0.2) is 4.98 Å². The molecule has 2 aromatic heterocycles. The van der Waals surface area contributed by atoms with Gasteiger partial charge >= 0.3 is 0 Å². The highest BCUT2D eigenvalue weighted by molar-refractivity contribution is 5.66. The fraction of sp³-hybridized carbons (Fsp3) is 0.190. The summed E-state index contributed by atoms with van der Waals surface area (Å²) >= 11 is 0. The van der Waals surface area contributed by atoms with Crippen molar-refractivity contribution in [2.45, 2.75) is 13.8 Å². The molecule has 2 heterocycles. The van der Waals surface area contributed by atoms with Crippen molar-refractivity contribution in [2.24, 2.45) is 0 Å². The lowest BCUT2D eigenvalue weighted by atomic mass is 10.2. The number of fused-ring (bicyclic) bond motifs is 1. The van der Waals surface area contributed by atoms with E-state index in [1.54, 1.807) is 11.6 Å². The molecule has 2 aromatic carbocycles. The SMILES string of the molecule is CCOc1ccccc1Nc1cc(C)nc2nc(-c3ccc(OC)cc3)nn12. The first-order chi connectivity index (χ1) is 13.7. The number of para-hydroxylation sites is 2. The molecule has 0 amide bonds. The molecule has 0 atom stereocenters. The molecular weight excluding hydrogens is 354 g/mol. The average Bonchev–Trinajstić information content (AvgIpc) is 3.14. The van der Waals surface area contributed by atoms with E-state index >= 15 is 0 Å². The Hall–Kier alpha value is -3.61. The first kappa shape index (κ1) is 17.8. The molecule has 0 saturated carbocycles. The number of rotatable bonds is 6. The molecule has 4 aromatic rings. The van der Waals surface area contributed by atoms with E-state index in [1.165, 1.54) is 0 Å². The van der Waals surface area contributed by atoms with E-state index in [4.69, 9.17) is 9.47 Å². The van der Waals surface area contributed by atoms with Gasteiger partial charge in [-0.1, -0.05) is 12.1 Å². The van der Waals surface area contributed by atoms with Crippen molar-refractivity contribution in [2.75, 3.05) is 19.0 Å². The van der Waals surface area contributed by atoms with Crippen molar-refractivity contribution in [3.05, 3.63) is 60.3 Å². The van der Waals surface area contributed by atoms with Gasteiger partial charge < -0.3 is 14.8 Å². The lowest BCUT2D eigenvalue weighted by molar-refractivity contribution is 0.342. The molecule has 0 saturated heterocycles. The van der Waals surface area contributed by atoms with Crippen molar-refractivity contribution >= 4 is 17.3 Å². The second kappa shape index (κ2) is 7.56. The van der Waals surface area contributed by atoms with Crippen LogP contribution in [0, 0.1) is 6.92 Å². The van der Waals surface area contributed by atoms with Crippen LogP contribution in [0.25, 0.3) is 17.2 Å².